The zero-order valence-corrected chi connectivity index (χ0v) is 10.7. The minimum atomic E-state index is -0.445. The Morgan fingerprint density at radius 3 is 2.67 bits per heavy atom. The molecule has 4 nitrogen and oxygen atoms in total. The highest BCUT2D eigenvalue weighted by Crippen LogP contribution is 2.21. The third-order valence-corrected chi connectivity index (χ3v) is 2.52. The van der Waals surface area contributed by atoms with Crippen molar-refractivity contribution < 1.29 is 5.11 Å². The molecule has 0 aliphatic carbocycles. The van der Waals surface area contributed by atoms with Crippen LogP contribution in [-0.2, 0) is 0 Å². The van der Waals surface area contributed by atoms with E-state index in [2.05, 4.69) is 15.3 Å². The van der Waals surface area contributed by atoms with Crippen molar-refractivity contribution in [3.05, 3.63) is 41.7 Å². The maximum absolute atomic E-state index is 9.23. The van der Waals surface area contributed by atoms with Crippen molar-refractivity contribution in [2.24, 2.45) is 0 Å². The number of anilines is 1. The Morgan fingerprint density at radius 2 is 2.00 bits per heavy atom. The first-order chi connectivity index (χ1) is 8.65. The molecule has 0 saturated carbocycles. The van der Waals surface area contributed by atoms with Crippen LogP contribution in [0.15, 0.2) is 36.4 Å². The summed E-state index contributed by atoms with van der Waals surface area (Å²) in [5.74, 6) is 0.606. The van der Waals surface area contributed by atoms with Crippen molar-refractivity contribution in [3.63, 3.8) is 0 Å². The Hall–Kier alpha value is -1.65. The van der Waals surface area contributed by atoms with Crippen LogP contribution in [-0.4, -0.2) is 27.7 Å². The topological polar surface area (TPSA) is 58.0 Å². The molecule has 1 aromatic carbocycles. The monoisotopic (exact) mass is 263 g/mol. The average Bonchev–Trinajstić information content (AvgIpc) is 2.37. The fourth-order valence-electron chi connectivity index (χ4n) is 1.52. The molecular weight excluding hydrogens is 250 g/mol. The summed E-state index contributed by atoms with van der Waals surface area (Å²) in [5, 5.41) is 12.4. The van der Waals surface area contributed by atoms with Gasteiger partial charge in [-0.25, -0.2) is 9.97 Å². The van der Waals surface area contributed by atoms with Gasteiger partial charge in [-0.1, -0.05) is 30.3 Å². The molecular formula is C13H14ClN3O. The van der Waals surface area contributed by atoms with Gasteiger partial charge in [0.15, 0.2) is 0 Å². The lowest BCUT2D eigenvalue weighted by Crippen LogP contribution is -2.16. The first-order valence-electron chi connectivity index (χ1n) is 5.67. The molecule has 0 aliphatic heterocycles. The zero-order chi connectivity index (χ0) is 13.0. The molecule has 2 aromatic rings. The smallest absolute Gasteiger partial charge is 0.224 e. The standard InChI is InChI=1S/C13H14ClN3O/c1-9(18)8-15-12-7-11(16-13(14)17-12)10-5-3-2-4-6-10/h2-7,9,18H,8H2,1H3,(H,15,16,17). The highest BCUT2D eigenvalue weighted by Gasteiger charge is 2.05. The van der Waals surface area contributed by atoms with Crippen molar-refractivity contribution in [3.8, 4) is 11.3 Å². The van der Waals surface area contributed by atoms with E-state index in [1.807, 2.05) is 36.4 Å². The number of hydrogen-bond acceptors (Lipinski definition) is 4. The predicted molar refractivity (Wildman–Crippen MR) is 72.6 cm³/mol. The van der Waals surface area contributed by atoms with Gasteiger partial charge >= 0.3 is 0 Å². The molecule has 1 heterocycles. The van der Waals surface area contributed by atoms with Crippen LogP contribution < -0.4 is 5.32 Å². The predicted octanol–water partition coefficient (Wildman–Crippen LogP) is 2.59. The lowest BCUT2D eigenvalue weighted by atomic mass is 10.1. The van der Waals surface area contributed by atoms with Gasteiger partial charge in [-0.2, -0.15) is 0 Å². The summed E-state index contributed by atoms with van der Waals surface area (Å²) in [5.41, 5.74) is 1.73. The van der Waals surface area contributed by atoms with Crippen LogP contribution in [0, 0.1) is 0 Å². The van der Waals surface area contributed by atoms with Crippen molar-refractivity contribution in [1.82, 2.24) is 9.97 Å². The van der Waals surface area contributed by atoms with Crippen LogP contribution in [0.1, 0.15) is 6.92 Å². The van der Waals surface area contributed by atoms with Gasteiger partial charge in [0, 0.05) is 18.2 Å². The summed E-state index contributed by atoms with van der Waals surface area (Å²) in [6.45, 7) is 2.12. The van der Waals surface area contributed by atoms with E-state index >= 15 is 0 Å². The van der Waals surface area contributed by atoms with Crippen LogP contribution in [0.25, 0.3) is 11.3 Å². The van der Waals surface area contributed by atoms with Crippen LogP contribution in [0.3, 0.4) is 0 Å². The fraction of sp³-hybridized carbons (Fsp3) is 0.231. The minimum Gasteiger partial charge on any atom is -0.392 e. The van der Waals surface area contributed by atoms with Crippen molar-refractivity contribution in [2.45, 2.75) is 13.0 Å². The largest absolute Gasteiger partial charge is 0.392 e. The van der Waals surface area contributed by atoms with Gasteiger partial charge in [-0.3, -0.25) is 0 Å². The molecule has 1 unspecified atom stereocenters. The molecule has 0 spiro atoms. The summed E-state index contributed by atoms with van der Waals surface area (Å²) in [4.78, 5) is 8.25. The maximum Gasteiger partial charge on any atom is 0.224 e. The van der Waals surface area contributed by atoms with E-state index in [1.54, 1.807) is 6.92 Å². The number of nitrogens with one attached hydrogen (secondary N) is 1. The van der Waals surface area contributed by atoms with E-state index in [4.69, 9.17) is 11.6 Å². The van der Waals surface area contributed by atoms with E-state index in [0.717, 1.165) is 11.3 Å². The van der Waals surface area contributed by atoms with Gasteiger partial charge in [0.2, 0.25) is 5.28 Å². The Labute approximate surface area is 111 Å². The highest BCUT2D eigenvalue weighted by molar-refractivity contribution is 6.28. The molecule has 0 bridgehead atoms. The third kappa shape index (κ3) is 3.42. The minimum absolute atomic E-state index is 0.185. The summed E-state index contributed by atoms with van der Waals surface area (Å²) in [7, 11) is 0. The van der Waals surface area contributed by atoms with Crippen LogP contribution >= 0.6 is 11.6 Å². The van der Waals surface area contributed by atoms with Gasteiger partial charge < -0.3 is 10.4 Å². The molecule has 94 valence electrons. The molecule has 0 fully saturated rings. The van der Waals surface area contributed by atoms with Crippen LogP contribution in [0.2, 0.25) is 5.28 Å². The molecule has 0 amide bonds. The Balaban J connectivity index is 2.27. The number of halogens is 1. The number of aliphatic hydroxyl groups excluding tert-OH is 1. The normalized spacial score (nSPS) is 12.2. The van der Waals surface area contributed by atoms with Gasteiger partial charge in [0.05, 0.1) is 11.8 Å². The van der Waals surface area contributed by atoms with E-state index in [1.165, 1.54) is 0 Å². The Bertz CT molecular complexity index is 517. The number of hydrogen-bond donors (Lipinski definition) is 2. The average molecular weight is 264 g/mol. The number of aliphatic hydroxyl groups is 1. The van der Waals surface area contributed by atoms with Crippen LogP contribution in [0.5, 0.6) is 0 Å². The van der Waals surface area contributed by atoms with Gasteiger partial charge in [-0.05, 0) is 18.5 Å². The second-order valence-corrected chi connectivity index (χ2v) is 4.34. The van der Waals surface area contributed by atoms with E-state index < -0.39 is 6.10 Å². The van der Waals surface area contributed by atoms with Crippen molar-refractivity contribution in [2.75, 3.05) is 11.9 Å². The first kappa shape index (κ1) is 12.8. The number of aromatic nitrogens is 2. The SMILES string of the molecule is CC(O)CNc1cc(-c2ccccc2)nc(Cl)n1. The van der Waals surface area contributed by atoms with Crippen molar-refractivity contribution >= 4 is 17.4 Å². The molecule has 0 saturated heterocycles. The lowest BCUT2D eigenvalue weighted by molar-refractivity contribution is 0.208. The zero-order valence-electron chi connectivity index (χ0n) is 9.97. The molecule has 2 N–H and O–H groups in total. The van der Waals surface area contributed by atoms with Gasteiger partial charge in [0.1, 0.15) is 5.82 Å². The lowest BCUT2D eigenvalue weighted by Gasteiger charge is -2.09. The molecule has 1 aromatic heterocycles. The molecule has 0 aliphatic rings. The maximum atomic E-state index is 9.23. The van der Waals surface area contributed by atoms with Gasteiger partial charge in [0.25, 0.3) is 0 Å². The number of rotatable bonds is 4. The summed E-state index contributed by atoms with van der Waals surface area (Å²) < 4.78 is 0. The highest BCUT2D eigenvalue weighted by atomic mass is 35.5. The summed E-state index contributed by atoms with van der Waals surface area (Å²) in [6, 6.07) is 11.5. The quantitative estimate of drug-likeness (QED) is 0.833. The number of nitrogens with zero attached hydrogens (tertiary/aromatic N) is 2. The first-order valence-corrected chi connectivity index (χ1v) is 6.05. The molecule has 1 atom stereocenters. The summed E-state index contributed by atoms with van der Waals surface area (Å²) >= 11 is 5.89. The number of benzene rings is 1. The third-order valence-electron chi connectivity index (χ3n) is 2.35. The van der Waals surface area contributed by atoms with Gasteiger partial charge in [-0.15, -0.1) is 0 Å². The molecule has 5 heteroatoms. The molecule has 0 radical (unpaired) electrons. The Kier molecular flexibility index (Phi) is 4.12. The second kappa shape index (κ2) is 5.80. The molecule has 2 rings (SSSR count). The fourth-order valence-corrected chi connectivity index (χ4v) is 1.70. The van der Waals surface area contributed by atoms with E-state index in [9.17, 15) is 5.11 Å². The van der Waals surface area contributed by atoms with E-state index in [-0.39, 0.29) is 5.28 Å². The van der Waals surface area contributed by atoms with Crippen molar-refractivity contribution in [1.29, 1.82) is 0 Å². The Morgan fingerprint density at radius 1 is 1.28 bits per heavy atom. The molecule has 18 heavy (non-hydrogen) atoms. The van der Waals surface area contributed by atoms with Crippen LogP contribution in [0.4, 0.5) is 5.82 Å². The van der Waals surface area contributed by atoms with E-state index in [0.29, 0.717) is 12.4 Å². The second-order valence-electron chi connectivity index (χ2n) is 4.00. The summed E-state index contributed by atoms with van der Waals surface area (Å²) in [6.07, 6.45) is -0.445.